The van der Waals surface area contributed by atoms with E-state index in [-0.39, 0.29) is 11.5 Å². The van der Waals surface area contributed by atoms with Crippen molar-refractivity contribution in [3.63, 3.8) is 0 Å². The van der Waals surface area contributed by atoms with Gasteiger partial charge in [-0.2, -0.15) is 0 Å². The summed E-state index contributed by atoms with van der Waals surface area (Å²) in [5.74, 6) is 1.48. The Hall–Kier alpha value is -2.67. The monoisotopic (exact) mass is 411 g/mol. The fraction of sp³-hybridized carbons (Fsp3) is 0.409. The minimum Gasteiger partial charge on any atom is -0.491 e. The van der Waals surface area contributed by atoms with Gasteiger partial charge < -0.3 is 10.1 Å². The van der Waals surface area contributed by atoms with Gasteiger partial charge in [-0.1, -0.05) is 24.6 Å². The number of hydrogen-bond donors (Lipinski definition) is 1. The number of rotatable bonds is 5. The summed E-state index contributed by atoms with van der Waals surface area (Å²) in [6.45, 7) is 5.32. The lowest BCUT2D eigenvalue weighted by Crippen LogP contribution is -2.28. The molecule has 1 aliphatic rings. The maximum Gasteiger partial charge on any atom is 0.262 e. The molecule has 152 valence electrons. The first-order chi connectivity index (χ1) is 14.1. The third-order valence-electron chi connectivity index (χ3n) is 5.36. The van der Waals surface area contributed by atoms with E-state index in [2.05, 4.69) is 5.32 Å². The van der Waals surface area contributed by atoms with Crippen LogP contribution in [0.4, 0.5) is 0 Å². The molecule has 0 saturated carbocycles. The molecular weight excluding hydrogens is 386 g/mol. The molecule has 1 N–H and O–H groups in total. The number of carbonyl (C=O) groups is 1. The summed E-state index contributed by atoms with van der Waals surface area (Å²) in [6, 6.07) is 7.79. The van der Waals surface area contributed by atoms with Gasteiger partial charge >= 0.3 is 0 Å². The number of fused-ring (bicyclic) bond motifs is 2. The molecule has 2 aromatic heterocycles. The number of aromatic nitrogens is 2. The fourth-order valence-electron chi connectivity index (χ4n) is 3.75. The quantitative estimate of drug-likeness (QED) is 0.651. The van der Waals surface area contributed by atoms with Gasteiger partial charge in [-0.25, -0.2) is 4.98 Å². The molecule has 0 aliphatic carbocycles. The van der Waals surface area contributed by atoms with Crippen molar-refractivity contribution in [1.29, 1.82) is 0 Å². The second-order valence-electron chi connectivity index (χ2n) is 7.40. The molecule has 7 heteroatoms. The predicted molar refractivity (Wildman–Crippen MR) is 115 cm³/mol. The lowest BCUT2D eigenvalue weighted by atomic mass is 10.2. The van der Waals surface area contributed by atoms with Gasteiger partial charge in [-0.3, -0.25) is 14.2 Å². The fourth-order valence-corrected chi connectivity index (χ4v) is 4.86. The van der Waals surface area contributed by atoms with Crippen LogP contribution in [0, 0.1) is 13.8 Å². The molecule has 0 saturated heterocycles. The number of para-hydroxylation sites is 1. The predicted octanol–water partition coefficient (Wildman–Crippen LogP) is 3.61. The van der Waals surface area contributed by atoms with Crippen LogP contribution in [0.15, 0.2) is 29.1 Å². The zero-order valence-electron chi connectivity index (χ0n) is 16.8. The van der Waals surface area contributed by atoms with Crippen LogP contribution in [-0.2, 0) is 13.0 Å². The van der Waals surface area contributed by atoms with E-state index in [1.807, 2.05) is 38.1 Å². The van der Waals surface area contributed by atoms with Gasteiger partial charge in [0.1, 0.15) is 23.0 Å². The summed E-state index contributed by atoms with van der Waals surface area (Å²) < 4.78 is 7.53. The molecule has 0 atom stereocenters. The average Bonchev–Trinajstić information content (AvgIpc) is 2.88. The SMILES string of the molecule is Cc1ccccc1OCCNC(=O)c1sc2nc3n(c(=O)c2c1C)CCCCC3. The number of nitrogens with one attached hydrogen (secondary N) is 1. The maximum absolute atomic E-state index is 13.0. The summed E-state index contributed by atoms with van der Waals surface area (Å²) in [6.07, 6.45) is 3.99. The van der Waals surface area contributed by atoms with Crippen LogP contribution in [-0.4, -0.2) is 28.6 Å². The summed E-state index contributed by atoms with van der Waals surface area (Å²) in [5.41, 5.74) is 1.77. The number of ether oxygens (including phenoxy) is 1. The number of aryl methyl sites for hydroxylation is 3. The van der Waals surface area contributed by atoms with Gasteiger partial charge in [-0.05, 0) is 43.9 Å². The van der Waals surface area contributed by atoms with Crippen molar-refractivity contribution in [3.05, 3.63) is 56.4 Å². The third kappa shape index (κ3) is 3.92. The Kier molecular flexibility index (Phi) is 5.67. The number of thiophene rings is 1. The highest BCUT2D eigenvalue weighted by molar-refractivity contribution is 7.20. The average molecular weight is 412 g/mol. The van der Waals surface area contributed by atoms with E-state index in [0.29, 0.717) is 34.8 Å². The summed E-state index contributed by atoms with van der Waals surface area (Å²) >= 11 is 1.31. The molecule has 0 radical (unpaired) electrons. The van der Waals surface area contributed by atoms with Crippen LogP contribution < -0.4 is 15.6 Å². The van der Waals surface area contributed by atoms with Crippen molar-refractivity contribution >= 4 is 27.5 Å². The molecule has 1 amide bonds. The lowest BCUT2D eigenvalue weighted by Gasteiger charge is -2.09. The normalized spacial score (nSPS) is 13.7. The van der Waals surface area contributed by atoms with Crippen molar-refractivity contribution in [1.82, 2.24) is 14.9 Å². The van der Waals surface area contributed by atoms with E-state index in [9.17, 15) is 9.59 Å². The topological polar surface area (TPSA) is 73.2 Å². The molecule has 29 heavy (non-hydrogen) atoms. The van der Waals surface area contributed by atoms with Crippen LogP contribution in [0.3, 0.4) is 0 Å². The highest BCUT2D eigenvalue weighted by atomic mass is 32.1. The van der Waals surface area contributed by atoms with E-state index < -0.39 is 0 Å². The van der Waals surface area contributed by atoms with Crippen LogP contribution in [0.1, 0.15) is 45.9 Å². The van der Waals surface area contributed by atoms with Gasteiger partial charge in [0.05, 0.1) is 16.8 Å². The first-order valence-corrected chi connectivity index (χ1v) is 10.9. The summed E-state index contributed by atoms with van der Waals surface area (Å²) in [4.78, 5) is 31.7. The molecule has 0 unspecified atom stereocenters. The molecule has 0 spiro atoms. The first-order valence-electron chi connectivity index (χ1n) is 10.1. The molecule has 0 fully saturated rings. The molecule has 0 bridgehead atoms. The highest BCUT2D eigenvalue weighted by Gasteiger charge is 2.22. The second kappa shape index (κ2) is 8.37. The molecular formula is C22H25N3O3S. The molecule has 4 rings (SSSR count). The molecule has 1 aromatic carbocycles. The minimum atomic E-state index is -0.182. The Labute approximate surface area is 173 Å². The zero-order valence-corrected chi connectivity index (χ0v) is 17.6. The van der Waals surface area contributed by atoms with E-state index in [0.717, 1.165) is 48.4 Å². The van der Waals surface area contributed by atoms with Crippen molar-refractivity contribution < 1.29 is 9.53 Å². The van der Waals surface area contributed by atoms with E-state index >= 15 is 0 Å². The van der Waals surface area contributed by atoms with Crippen LogP contribution in [0.5, 0.6) is 5.75 Å². The Balaban J connectivity index is 1.49. The van der Waals surface area contributed by atoms with Crippen molar-refractivity contribution in [2.75, 3.05) is 13.2 Å². The van der Waals surface area contributed by atoms with Crippen LogP contribution >= 0.6 is 11.3 Å². The molecule has 6 nitrogen and oxygen atoms in total. The standard InChI is InChI=1S/C22H25N3O3S/c1-14-8-5-6-9-16(14)28-13-11-23-20(26)19-15(2)18-21(29-19)24-17-10-4-3-7-12-25(17)22(18)27/h5-6,8-9H,3-4,7,10-13H2,1-2H3,(H,23,26). The third-order valence-corrected chi connectivity index (χ3v) is 6.54. The maximum atomic E-state index is 13.0. The number of carbonyl (C=O) groups excluding carboxylic acids is 1. The van der Waals surface area contributed by atoms with Crippen LogP contribution in [0.2, 0.25) is 0 Å². The smallest absolute Gasteiger partial charge is 0.262 e. The number of amides is 1. The van der Waals surface area contributed by atoms with Crippen molar-refractivity contribution in [2.45, 2.75) is 46.1 Å². The Morgan fingerprint density at radius 2 is 2.07 bits per heavy atom. The van der Waals surface area contributed by atoms with Crippen LogP contribution in [0.25, 0.3) is 10.2 Å². The number of nitrogens with zero attached hydrogens (tertiary/aromatic N) is 2. The van der Waals surface area contributed by atoms with Gasteiger partial charge in [-0.15, -0.1) is 11.3 Å². The van der Waals surface area contributed by atoms with Gasteiger partial charge in [0, 0.05) is 13.0 Å². The molecule has 1 aliphatic heterocycles. The minimum absolute atomic E-state index is 0.0115. The van der Waals surface area contributed by atoms with Gasteiger partial charge in [0.25, 0.3) is 11.5 Å². The summed E-state index contributed by atoms with van der Waals surface area (Å²) in [5, 5.41) is 3.48. The zero-order chi connectivity index (χ0) is 20.4. The van der Waals surface area contributed by atoms with Crippen molar-refractivity contribution in [3.8, 4) is 5.75 Å². The number of benzene rings is 1. The Morgan fingerprint density at radius 1 is 1.24 bits per heavy atom. The van der Waals surface area contributed by atoms with Gasteiger partial charge in [0.15, 0.2) is 0 Å². The molecule has 3 aromatic rings. The molecule has 3 heterocycles. The summed E-state index contributed by atoms with van der Waals surface area (Å²) in [7, 11) is 0. The first kappa shape index (κ1) is 19.6. The van der Waals surface area contributed by atoms with Gasteiger partial charge in [0.2, 0.25) is 0 Å². The van der Waals surface area contributed by atoms with Crippen molar-refractivity contribution in [2.24, 2.45) is 0 Å². The Morgan fingerprint density at radius 3 is 2.90 bits per heavy atom. The largest absolute Gasteiger partial charge is 0.491 e. The Bertz CT molecular complexity index is 1120. The van der Waals surface area contributed by atoms with E-state index in [4.69, 9.17) is 9.72 Å². The second-order valence-corrected chi connectivity index (χ2v) is 8.40. The van der Waals surface area contributed by atoms with E-state index in [1.54, 1.807) is 4.57 Å². The highest BCUT2D eigenvalue weighted by Crippen LogP contribution is 2.28. The lowest BCUT2D eigenvalue weighted by molar-refractivity contribution is 0.0950. The number of hydrogen-bond acceptors (Lipinski definition) is 5. The van der Waals surface area contributed by atoms with E-state index in [1.165, 1.54) is 11.3 Å².